The molecular weight excluding hydrogens is 305 g/mol. The van der Waals surface area contributed by atoms with Crippen molar-refractivity contribution in [2.75, 3.05) is 18.4 Å². The van der Waals surface area contributed by atoms with Gasteiger partial charge in [0, 0.05) is 19.1 Å². The van der Waals surface area contributed by atoms with Crippen molar-refractivity contribution in [1.29, 1.82) is 0 Å². The molecule has 0 aliphatic carbocycles. The zero-order valence-electron chi connectivity index (χ0n) is 10.9. The number of nitrogens with one attached hydrogen (secondary N) is 1. The summed E-state index contributed by atoms with van der Waals surface area (Å²) in [5.74, 6) is -0.852. The summed E-state index contributed by atoms with van der Waals surface area (Å²) in [6.45, 7) is 0.686. The first-order valence-corrected chi connectivity index (χ1v) is 6.64. The number of hydrogen-bond acceptors (Lipinski definition) is 4. The number of carbonyl (C=O) groups is 1. The molecule has 1 amide bonds. The number of halogens is 2. The molecule has 0 atom stereocenters. The minimum Gasteiger partial charge on any atom is -0.465 e. The Labute approximate surface area is 124 Å². The van der Waals surface area contributed by atoms with E-state index in [2.05, 4.69) is 5.32 Å². The number of rotatable bonds is 3. The minimum atomic E-state index is -0.982. The summed E-state index contributed by atoms with van der Waals surface area (Å²) in [5, 5.41) is 22.5. The van der Waals surface area contributed by atoms with Crippen molar-refractivity contribution in [3.05, 3.63) is 33.1 Å². The molecule has 2 rings (SSSR count). The van der Waals surface area contributed by atoms with Crippen LogP contribution in [0.2, 0.25) is 5.02 Å². The van der Waals surface area contributed by atoms with Crippen molar-refractivity contribution < 1.29 is 19.2 Å². The van der Waals surface area contributed by atoms with Gasteiger partial charge in [-0.05, 0) is 18.9 Å². The SMILES string of the molecule is O=C(O)N1CCC(Nc2cc(Cl)c(F)cc2[N+](=O)[O-])CC1. The van der Waals surface area contributed by atoms with E-state index < -0.39 is 22.5 Å². The number of piperidine rings is 1. The van der Waals surface area contributed by atoms with Gasteiger partial charge in [0.2, 0.25) is 0 Å². The van der Waals surface area contributed by atoms with Gasteiger partial charge in [0.1, 0.15) is 11.5 Å². The predicted molar refractivity (Wildman–Crippen MR) is 74.3 cm³/mol. The molecule has 1 fully saturated rings. The third-order valence-electron chi connectivity index (χ3n) is 3.36. The maximum atomic E-state index is 13.3. The van der Waals surface area contributed by atoms with Crippen LogP contribution in [0.3, 0.4) is 0 Å². The van der Waals surface area contributed by atoms with E-state index in [1.165, 1.54) is 11.0 Å². The number of benzene rings is 1. The van der Waals surface area contributed by atoms with Crippen molar-refractivity contribution in [3.8, 4) is 0 Å². The molecule has 1 heterocycles. The summed E-state index contributed by atoms with van der Waals surface area (Å²) in [6.07, 6.45) is 0.0425. The summed E-state index contributed by atoms with van der Waals surface area (Å²) < 4.78 is 13.3. The number of likely N-dealkylation sites (tertiary alicyclic amines) is 1. The molecule has 1 aromatic carbocycles. The predicted octanol–water partition coefficient (Wildman–Crippen LogP) is 2.94. The largest absolute Gasteiger partial charge is 0.465 e. The van der Waals surface area contributed by atoms with Crippen molar-refractivity contribution >= 4 is 29.1 Å². The lowest BCUT2D eigenvalue weighted by molar-refractivity contribution is -0.384. The lowest BCUT2D eigenvalue weighted by Crippen LogP contribution is -2.41. The van der Waals surface area contributed by atoms with Gasteiger partial charge in [-0.2, -0.15) is 0 Å². The smallest absolute Gasteiger partial charge is 0.407 e. The average Bonchev–Trinajstić information content (AvgIpc) is 2.43. The zero-order valence-corrected chi connectivity index (χ0v) is 11.6. The van der Waals surface area contributed by atoms with Crippen LogP contribution in [0, 0.1) is 15.9 Å². The third-order valence-corrected chi connectivity index (χ3v) is 3.65. The van der Waals surface area contributed by atoms with E-state index in [0.29, 0.717) is 25.9 Å². The highest BCUT2D eigenvalue weighted by Gasteiger charge is 2.25. The second-order valence-corrected chi connectivity index (χ2v) is 5.14. The second-order valence-electron chi connectivity index (χ2n) is 4.73. The summed E-state index contributed by atoms with van der Waals surface area (Å²) in [5.41, 5.74) is -0.252. The third kappa shape index (κ3) is 3.52. The van der Waals surface area contributed by atoms with Crippen molar-refractivity contribution in [2.45, 2.75) is 18.9 Å². The number of nitro groups is 1. The first-order valence-electron chi connectivity index (χ1n) is 6.26. The van der Waals surface area contributed by atoms with Crippen LogP contribution >= 0.6 is 11.6 Å². The molecule has 9 heteroatoms. The molecule has 1 aliphatic heterocycles. The molecule has 0 saturated carbocycles. The highest BCUT2D eigenvalue weighted by Crippen LogP contribution is 2.31. The van der Waals surface area contributed by atoms with Crippen molar-refractivity contribution in [2.24, 2.45) is 0 Å². The van der Waals surface area contributed by atoms with Gasteiger partial charge in [-0.15, -0.1) is 0 Å². The molecule has 1 aromatic rings. The molecule has 2 N–H and O–H groups in total. The summed E-state index contributed by atoms with van der Waals surface area (Å²) >= 11 is 5.65. The van der Waals surface area contributed by atoms with E-state index in [9.17, 15) is 19.3 Å². The number of amides is 1. The van der Waals surface area contributed by atoms with E-state index in [1.54, 1.807) is 0 Å². The van der Waals surface area contributed by atoms with Crippen LogP contribution in [0.5, 0.6) is 0 Å². The van der Waals surface area contributed by atoms with Crippen LogP contribution in [0.25, 0.3) is 0 Å². The lowest BCUT2D eigenvalue weighted by Gasteiger charge is -2.30. The Morgan fingerprint density at radius 1 is 1.48 bits per heavy atom. The fourth-order valence-electron chi connectivity index (χ4n) is 2.24. The van der Waals surface area contributed by atoms with Crippen LogP contribution in [-0.2, 0) is 0 Å². The van der Waals surface area contributed by atoms with Crippen LogP contribution in [-0.4, -0.2) is 40.2 Å². The summed E-state index contributed by atoms with van der Waals surface area (Å²) in [7, 11) is 0. The van der Waals surface area contributed by atoms with Gasteiger partial charge >= 0.3 is 6.09 Å². The Hall–Kier alpha value is -2.09. The van der Waals surface area contributed by atoms with E-state index in [1.807, 2.05) is 0 Å². The molecule has 1 aliphatic rings. The Kier molecular flexibility index (Phi) is 4.46. The van der Waals surface area contributed by atoms with Crippen molar-refractivity contribution in [1.82, 2.24) is 4.90 Å². The Balaban J connectivity index is 2.11. The molecule has 0 radical (unpaired) electrons. The average molecular weight is 318 g/mol. The van der Waals surface area contributed by atoms with Gasteiger partial charge in [-0.1, -0.05) is 11.6 Å². The maximum Gasteiger partial charge on any atom is 0.407 e. The van der Waals surface area contributed by atoms with Gasteiger partial charge in [-0.25, -0.2) is 9.18 Å². The molecule has 1 saturated heterocycles. The summed E-state index contributed by atoms with van der Waals surface area (Å²) in [4.78, 5) is 22.3. The van der Waals surface area contributed by atoms with Gasteiger partial charge in [-0.3, -0.25) is 10.1 Å². The summed E-state index contributed by atoms with van der Waals surface area (Å²) in [6, 6.07) is 1.83. The minimum absolute atomic E-state index is 0.124. The Bertz CT molecular complexity index is 576. The monoisotopic (exact) mass is 317 g/mol. The molecule has 7 nitrogen and oxygen atoms in total. The van der Waals surface area contributed by atoms with E-state index in [4.69, 9.17) is 16.7 Å². The lowest BCUT2D eigenvalue weighted by atomic mass is 10.0. The fourth-order valence-corrected chi connectivity index (χ4v) is 2.40. The molecular formula is C12H13ClFN3O4. The maximum absolute atomic E-state index is 13.3. The van der Waals surface area contributed by atoms with Gasteiger partial charge < -0.3 is 15.3 Å². The Morgan fingerprint density at radius 2 is 2.10 bits per heavy atom. The number of anilines is 1. The number of nitrogens with zero attached hydrogens (tertiary/aromatic N) is 2. The van der Waals surface area contributed by atoms with Crippen LogP contribution in [0.1, 0.15) is 12.8 Å². The topological polar surface area (TPSA) is 95.7 Å². The molecule has 0 unspecified atom stereocenters. The standard InChI is InChI=1S/C12H13ClFN3O4/c13-8-5-10(11(17(20)21)6-9(8)14)15-7-1-3-16(4-2-7)12(18)19/h5-7,15H,1-4H2,(H,18,19). The van der Waals surface area contributed by atoms with E-state index in [-0.39, 0.29) is 16.8 Å². The number of hydrogen-bond donors (Lipinski definition) is 2. The quantitative estimate of drug-likeness (QED) is 0.660. The van der Waals surface area contributed by atoms with E-state index in [0.717, 1.165) is 6.07 Å². The number of nitro benzene ring substituents is 1. The highest BCUT2D eigenvalue weighted by atomic mass is 35.5. The molecule has 0 aromatic heterocycles. The normalized spacial score (nSPS) is 15.8. The van der Waals surface area contributed by atoms with Crippen LogP contribution in [0.4, 0.5) is 20.6 Å². The molecule has 0 bridgehead atoms. The molecule has 21 heavy (non-hydrogen) atoms. The first-order chi connectivity index (χ1) is 9.88. The van der Waals surface area contributed by atoms with Gasteiger partial charge in [0.15, 0.2) is 0 Å². The van der Waals surface area contributed by atoms with Crippen molar-refractivity contribution in [3.63, 3.8) is 0 Å². The van der Waals surface area contributed by atoms with E-state index >= 15 is 0 Å². The fraction of sp³-hybridized carbons (Fsp3) is 0.417. The number of carboxylic acid groups (broad SMARTS) is 1. The first kappa shape index (κ1) is 15.3. The molecule has 0 spiro atoms. The highest BCUT2D eigenvalue weighted by molar-refractivity contribution is 6.31. The van der Waals surface area contributed by atoms with Crippen LogP contribution in [0.15, 0.2) is 12.1 Å². The van der Waals surface area contributed by atoms with Gasteiger partial charge in [0.25, 0.3) is 5.69 Å². The Morgan fingerprint density at radius 3 is 2.62 bits per heavy atom. The second kappa shape index (κ2) is 6.13. The van der Waals surface area contributed by atoms with Gasteiger partial charge in [0.05, 0.1) is 16.0 Å². The van der Waals surface area contributed by atoms with Crippen LogP contribution < -0.4 is 5.32 Å². The zero-order chi connectivity index (χ0) is 15.6. The molecule has 114 valence electrons.